The zero-order chi connectivity index (χ0) is 15.3. The largest absolute Gasteiger partial charge is 0.506 e. The Balaban J connectivity index is 1.88. The van der Waals surface area contributed by atoms with Gasteiger partial charge in [0.25, 0.3) is 0 Å². The first-order chi connectivity index (χ1) is 10.7. The molecule has 1 heterocycles. The van der Waals surface area contributed by atoms with Crippen LogP contribution in [-0.2, 0) is 0 Å². The second kappa shape index (κ2) is 4.91. The van der Waals surface area contributed by atoms with Crippen molar-refractivity contribution in [2.45, 2.75) is 32.2 Å². The summed E-state index contributed by atoms with van der Waals surface area (Å²) in [4.78, 5) is 0. The fourth-order valence-electron chi connectivity index (χ4n) is 4.13. The number of nitrogens with one attached hydrogen (secondary N) is 1. The van der Waals surface area contributed by atoms with Crippen molar-refractivity contribution >= 4 is 5.69 Å². The van der Waals surface area contributed by atoms with E-state index in [0.29, 0.717) is 17.6 Å². The summed E-state index contributed by atoms with van der Waals surface area (Å²) in [7, 11) is 0. The lowest BCUT2D eigenvalue weighted by Gasteiger charge is -2.39. The average molecular weight is 291 g/mol. The number of hydrogen-bond donors (Lipinski definition) is 2. The molecule has 2 N–H and O–H groups in total. The fraction of sp³-hybridized carbons (Fsp3) is 0.300. The monoisotopic (exact) mass is 291 g/mol. The van der Waals surface area contributed by atoms with Gasteiger partial charge in [-0.25, -0.2) is 0 Å². The zero-order valence-electron chi connectivity index (χ0n) is 13.0. The number of aryl methyl sites for hydroxylation is 2. The van der Waals surface area contributed by atoms with Gasteiger partial charge in [0.05, 0.1) is 11.7 Å². The Labute approximate surface area is 131 Å². The van der Waals surface area contributed by atoms with Gasteiger partial charge in [-0.15, -0.1) is 0 Å². The highest BCUT2D eigenvalue weighted by molar-refractivity contribution is 5.69. The number of hydrogen-bond acceptors (Lipinski definition) is 2. The minimum atomic E-state index is 0.251. The first-order valence-electron chi connectivity index (χ1n) is 7.98. The highest BCUT2D eigenvalue weighted by Crippen LogP contribution is 2.53. The van der Waals surface area contributed by atoms with Crippen molar-refractivity contribution < 1.29 is 5.11 Å². The second-order valence-corrected chi connectivity index (χ2v) is 6.52. The Hall–Kier alpha value is -2.22. The molecule has 0 radical (unpaired) electrons. The van der Waals surface area contributed by atoms with Crippen molar-refractivity contribution in [3.05, 3.63) is 70.8 Å². The summed E-state index contributed by atoms with van der Waals surface area (Å²) in [6.07, 6.45) is 5.70. The predicted molar refractivity (Wildman–Crippen MR) is 90.4 cm³/mol. The second-order valence-electron chi connectivity index (χ2n) is 6.52. The molecule has 0 spiro atoms. The van der Waals surface area contributed by atoms with Gasteiger partial charge in [-0.3, -0.25) is 0 Å². The van der Waals surface area contributed by atoms with Crippen LogP contribution in [0, 0.1) is 19.8 Å². The molecule has 2 nitrogen and oxygen atoms in total. The molecule has 2 heteroatoms. The Morgan fingerprint density at radius 1 is 1.05 bits per heavy atom. The van der Waals surface area contributed by atoms with Crippen LogP contribution < -0.4 is 5.32 Å². The maximum Gasteiger partial charge on any atom is 0.139 e. The maximum absolute atomic E-state index is 10.3. The summed E-state index contributed by atoms with van der Waals surface area (Å²) in [5.41, 5.74) is 6.09. The predicted octanol–water partition coefficient (Wildman–Crippen LogP) is 4.84. The van der Waals surface area contributed by atoms with E-state index in [2.05, 4.69) is 55.6 Å². The molecule has 2 aromatic rings. The van der Waals surface area contributed by atoms with Crippen molar-refractivity contribution in [1.29, 1.82) is 0 Å². The first kappa shape index (κ1) is 13.4. The first-order valence-corrected chi connectivity index (χ1v) is 7.98. The number of anilines is 1. The number of benzene rings is 2. The third-order valence-corrected chi connectivity index (χ3v) is 5.24. The Morgan fingerprint density at radius 3 is 2.68 bits per heavy atom. The summed E-state index contributed by atoms with van der Waals surface area (Å²) in [6, 6.07) is 12.6. The van der Waals surface area contributed by atoms with Crippen LogP contribution in [0.3, 0.4) is 0 Å². The van der Waals surface area contributed by atoms with Crippen LogP contribution in [0.25, 0.3) is 0 Å². The van der Waals surface area contributed by atoms with Gasteiger partial charge >= 0.3 is 0 Å². The standard InChI is InChI=1S/C20H21NO/c1-12-6-3-4-7-14(12)19-16-9-5-8-15(16)18-13(2)10-11-17(22)20(18)21-19/h3-8,10-11,15-16,19,21-22H,9H2,1-2H3. The minimum absolute atomic E-state index is 0.251. The molecule has 0 saturated carbocycles. The molecule has 0 aromatic heterocycles. The number of phenols is 1. The van der Waals surface area contributed by atoms with Crippen LogP contribution in [-0.4, -0.2) is 5.11 Å². The summed E-state index contributed by atoms with van der Waals surface area (Å²) >= 11 is 0. The van der Waals surface area contributed by atoms with E-state index in [9.17, 15) is 5.11 Å². The lowest BCUT2D eigenvalue weighted by Crippen LogP contribution is -2.30. The molecule has 1 aliphatic heterocycles. The van der Waals surface area contributed by atoms with Crippen molar-refractivity contribution in [3.63, 3.8) is 0 Å². The molecule has 0 fully saturated rings. The third kappa shape index (κ3) is 1.87. The van der Waals surface area contributed by atoms with Gasteiger partial charge in [-0.05, 0) is 54.5 Å². The quantitative estimate of drug-likeness (QED) is 0.582. The van der Waals surface area contributed by atoms with E-state index in [4.69, 9.17) is 0 Å². The highest BCUT2D eigenvalue weighted by atomic mass is 16.3. The smallest absolute Gasteiger partial charge is 0.139 e. The van der Waals surface area contributed by atoms with Crippen molar-refractivity contribution in [1.82, 2.24) is 0 Å². The molecule has 2 aromatic carbocycles. The molecule has 0 bridgehead atoms. The number of aromatic hydroxyl groups is 1. The topological polar surface area (TPSA) is 32.3 Å². The molecular weight excluding hydrogens is 270 g/mol. The Bertz CT molecular complexity index is 762. The number of phenolic OH excluding ortho intramolecular Hbond substituents is 1. The van der Waals surface area contributed by atoms with Crippen LogP contribution in [0.15, 0.2) is 48.6 Å². The van der Waals surface area contributed by atoms with Gasteiger partial charge in [0.2, 0.25) is 0 Å². The highest BCUT2D eigenvalue weighted by Gasteiger charge is 2.39. The van der Waals surface area contributed by atoms with Gasteiger partial charge in [0.15, 0.2) is 0 Å². The van der Waals surface area contributed by atoms with Gasteiger partial charge in [-0.2, -0.15) is 0 Å². The third-order valence-electron chi connectivity index (χ3n) is 5.24. The summed E-state index contributed by atoms with van der Waals surface area (Å²) < 4.78 is 0. The Kier molecular flexibility index (Phi) is 3.00. The molecule has 2 aliphatic rings. The van der Waals surface area contributed by atoms with E-state index in [-0.39, 0.29) is 6.04 Å². The van der Waals surface area contributed by atoms with E-state index in [1.807, 2.05) is 6.07 Å². The van der Waals surface area contributed by atoms with Crippen molar-refractivity contribution in [3.8, 4) is 5.75 Å². The molecule has 112 valence electrons. The number of allylic oxidation sites excluding steroid dienone is 2. The van der Waals surface area contributed by atoms with Crippen LogP contribution in [0.1, 0.15) is 40.6 Å². The van der Waals surface area contributed by atoms with E-state index >= 15 is 0 Å². The molecule has 0 saturated heterocycles. The van der Waals surface area contributed by atoms with Crippen molar-refractivity contribution in [2.24, 2.45) is 5.92 Å². The molecule has 0 amide bonds. The van der Waals surface area contributed by atoms with E-state index in [0.717, 1.165) is 12.1 Å². The molecule has 1 aliphatic carbocycles. The average Bonchev–Trinajstić information content (AvgIpc) is 3.00. The van der Waals surface area contributed by atoms with Gasteiger partial charge in [-0.1, -0.05) is 42.5 Å². The van der Waals surface area contributed by atoms with Gasteiger partial charge in [0.1, 0.15) is 5.75 Å². The molecular formula is C20H21NO. The summed E-state index contributed by atoms with van der Waals surface area (Å²) in [6.45, 7) is 4.30. The SMILES string of the molecule is Cc1ccccc1C1Nc2c(O)ccc(C)c2C2C=CCC21. The minimum Gasteiger partial charge on any atom is -0.506 e. The number of rotatable bonds is 1. The van der Waals surface area contributed by atoms with Crippen LogP contribution in [0.4, 0.5) is 5.69 Å². The molecule has 3 atom stereocenters. The lowest BCUT2D eigenvalue weighted by molar-refractivity contribution is 0.413. The van der Waals surface area contributed by atoms with E-state index in [1.54, 1.807) is 6.07 Å². The summed E-state index contributed by atoms with van der Waals surface area (Å²) in [5.74, 6) is 1.28. The van der Waals surface area contributed by atoms with Crippen LogP contribution >= 0.6 is 0 Å². The Morgan fingerprint density at radius 2 is 1.86 bits per heavy atom. The molecule has 22 heavy (non-hydrogen) atoms. The molecule has 4 rings (SSSR count). The maximum atomic E-state index is 10.3. The zero-order valence-corrected chi connectivity index (χ0v) is 13.0. The van der Waals surface area contributed by atoms with E-state index < -0.39 is 0 Å². The van der Waals surface area contributed by atoms with Gasteiger partial charge < -0.3 is 10.4 Å². The van der Waals surface area contributed by atoms with Crippen LogP contribution in [0.2, 0.25) is 0 Å². The van der Waals surface area contributed by atoms with Crippen LogP contribution in [0.5, 0.6) is 5.75 Å². The summed E-state index contributed by atoms with van der Waals surface area (Å²) in [5, 5.41) is 14.0. The lowest BCUT2D eigenvalue weighted by atomic mass is 9.75. The normalized spacial score (nSPS) is 25.5. The van der Waals surface area contributed by atoms with Gasteiger partial charge in [0, 0.05) is 5.92 Å². The fourth-order valence-corrected chi connectivity index (χ4v) is 4.13. The molecule has 3 unspecified atom stereocenters. The number of fused-ring (bicyclic) bond motifs is 3. The van der Waals surface area contributed by atoms with E-state index in [1.165, 1.54) is 22.3 Å². The van der Waals surface area contributed by atoms with Crippen molar-refractivity contribution in [2.75, 3.05) is 5.32 Å².